The summed E-state index contributed by atoms with van der Waals surface area (Å²) in [5, 5.41) is 27.1. The lowest BCUT2D eigenvalue weighted by Gasteiger charge is -2.58. The Labute approximate surface area is 215 Å². The zero-order valence-electron chi connectivity index (χ0n) is 20.0. The van der Waals surface area contributed by atoms with Crippen LogP contribution in [0.4, 0.5) is 23.1 Å². The van der Waals surface area contributed by atoms with Crippen molar-refractivity contribution >= 4 is 39.1 Å². The lowest BCUT2D eigenvalue weighted by molar-refractivity contribution is -0.129. The summed E-state index contributed by atoms with van der Waals surface area (Å²) < 4.78 is 0.867. The number of aliphatic hydroxyl groups is 2. The normalized spacial score (nSPS) is 32.1. The van der Waals surface area contributed by atoms with Crippen molar-refractivity contribution in [2.24, 2.45) is 17.8 Å². The first-order valence-electron chi connectivity index (χ1n) is 12.9. The van der Waals surface area contributed by atoms with E-state index >= 15 is 0 Å². The molecule has 5 fully saturated rings. The average Bonchev–Trinajstić information content (AvgIpc) is 2.83. The van der Waals surface area contributed by atoms with Gasteiger partial charge in [-0.25, -0.2) is 4.98 Å². The van der Waals surface area contributed by atoms with Crippen molar-refractivity contribution in [3.63, 3.8) is 0 Å². The first kappa shape index (κ1) is 23.5. The zero-order chi connectivity index (χ0) is 24.0. The fraction of sp³-hybridized carbons (Fsp3) is 0.615. The molecule has 0 unspecified atom stereocenters. The van der Waals surface area contributed by atoms with Crippen molar-refractivity contribution in [1.29, 1.82) is 0 Å². The van der Waals surface area contributed by atoms with Crippen molar-refractivity contribution in [3.05, 3.63) is 34.9 Å². The molecule has 4 bridgehead atoms. The van der Waals surface area contributed by atoms with E-state index in [2.05, 4.69) is 65.6 Å². The monoisotopic (exact) mass is 542 g/mol. The summed E-state index contributed by atoms with van der Waals surface area (Å²) in [7, 11) is 0. The number of aliphatic hydroxyl groups excluding tert-OH is 1. The predicted octanol–water partition coefficient (Wildman–Crippen LogP) is 3.45. The Kier molecular flexibility index (Phi) is 6.37. The van der Waals surface area contributed by atoms with E-state index in [9.17, 15) is 5.11 Å². The Morgan fingerprint density at radius 3 is 2.40 bits per heavy atom. The van der Waals surface area contributed by atoms with Crippen molar-refractivity contribution in [2.45, 2.75) is 43.7 Å². The van der Waals surface area contributed by atoms with E-state index in [1.54, 1.807) is 0 Å². The molecule has 7 rings (SSSR count). The largest absolute Gasteiger partial charge is 0.395 e. The van der Waals surface area contributed by atoms with Gasteiger partial charge in [-0.05, 0) is 90.1 Å². The highest BCUT2D eigenvalue weighted by atomic mass is 79.9. The fourth-order valence-corrected chi connectivity index (χ4v) is 7.46. The number of nitrogens with one attached hydrogen (secondary N) is 2. The van der Waals surface area contributed by atoms with Crippen LogP contribution < -0.4 is 15.5 Å². The Bertz CT molecular complexity index is 1030. The first-order chi connectivity index (χ1) is 17.0. The quantitative estimate of drug-likeness (QED) is 0.422. The molecule has 35 heavy (non-hydrogen) atoms. The maximum Gasteiger partial charge on any atom is 0.229 e. The number of aromatic nitrogens is 2. The van der Waals surface area contributed by atoms with E-state index in [4.69, 9.17) is 10.1 Å². The zero-order valence-corrected chi connectivity index (χ0v) is 21.6. The smallest absolute Gasteiger partial charge is 0.229 e. The van der Waals surface area contributed by atoms with Gasteiger partial charge in [-0.2, -0.15) is 4.98 Å². The number of hydrogen-bond donors (Lipinski definition) is 4. The highest BCUT2D eigenvalue weighted by Crippen LogP contribution is 2.56. The first-order valence-corrected chi connectivity index (χ1v) is 13.7. The summed E-state index contributed by atoms with van der Waals surface area (Å²) >= 11 is 3.63. The predicted molar refractivity (Wildman–Crippen MR) is 141 cm³/mol. The molecular formula is C26H35BrN6O2. The molecule has 9 heteroatoms. The van der Waals surface area contributed by atoms with Gasteiger partial charge in [-0.1, -0.05) is 0 Å². The SMILES string of the molecule is OCCN1CCN(c2ccc(Nc3ncc(Br)c(NC4[C@@H]5CC6C[C@@H]4CC(O)(C6)C5)n3)cc2)CC1. The van der Waals surface area contributed by atoms with Crippen LogP contribution in [0.25, 0.3) is 0 Å². The summed E-state index contributed by atoms with van der Waals surface area (Å²) in [6.07, 6.45) is 7.06. The van der Waals surface area contributed by atoms with Gasteiger partial charge in [-0.15, -0.1) is 0 Å². The number of β-amino-alcohol motifs (C(OH)–C–C–N with tert-alkyl or cyclic N) is 1. The molecule has 2 heterocycles. The third-order valence-corrected chi connectivity index (χ3v) is 9.15. The Morgan fingerprint density at radius 1 is 1.03 bits per heavy atom. The van der Waals surface area contributed by atoms with Crippen LogP contribution in [0.1, 0.15) is 32.1 Å². The van der Waals surface area contributed by atoms with Crippen LogP contribution in [-0.2, 0) is 0 Å². The van der Waals surface area contributed by atoms with Gasteiger partial charge in [0.1, 0.15) is 5.82 Å². The highest BCUT2D eigenvalue weighted by Gasteiger charge is 2.54. The second kappa shape index (κ2) is 9.50. The Morgan fingerprint density at radius 2 is 1.74 bits per heavy atom. The molecule has 1 aromatic carbocycles. The summed E-state index contributed by atoms with van der Waals surface area (Å²) in [4.78, 5) is 14.0. The molecule has 4 aliphatic carbocycles. The number of benzene rings is 1. The van der Waals surface area contributed by atoms with Crippen LogP contribution in [0, 0.1) is 17.8 Å². The molecule has 0 amide bonds. The van der Waals surface area contributed by atoms with Crippen molar-refractivity contribution in [1.82, 2.24) is 14.9 Å². The van der Waals surface area contributed by atoms with E-state index in [-0.39, 0.29) is 6.61 Å². The van der Waals surface area contributed by atoms with E-state index in [1.807, 2.05) is 6.20 Å². The van der Waals surface area contributed by atoms with Crippen LogP contribution in [-0.4, -0.2) is 76.1 Å². The lowest BCUT2D eigenvalue weighted by Crippen LogP contribution is -2.59. The minimum atomic E-state index is -0.427. The minimum Gasteiger partial charge on any atom is -0.395 e. The molecule has 1 aliphatic heterocycles. The molecule has 5 aliphatic rings. The van der Waals surface area contributed by atoms with Gasteiger partial charge in [-0.3, -0.25) is 4.90 Å². The number of halogens is 1. The van der Waals surface area contributed by atoms with Crippen LogP contribution in [0.2, 0.25) is 0 Å². The molecule has 0 radical (unpaired) electrons. The molecule has 4 saturated carbocycles. The Balaban J connectivity index is 1.10. The van der Waals surface area contributed by atoms with Crippen LogP contribution >= 0.6 is 15.9 Å². The molecule has 188 valence electrons. The molecule has 0 spiro atoms. The van der Waals surface area contributed by atoms with Gasteiger partial charge < -0.3 is 25.7 Å². The maximum absolute atomic E-state index is 10.9. The van der Waals surface area contributed by atoms with Crippen molar-refractivity contribution < 1.29 is 10.2 Å². The van der Waals surface area contributed by atoms with Gasteiger partial charge >= 0.3 is 0 Å². The molecule has 2 aromatic rings. The highest BCUT2D eigenvalue weighted by molar-refractivity contribution is 9.10. The number of rotatable bonds is 7. The molecular weight excluding hydrogens is 508 g/mol. The molecule has 2 atom stereocenters. The third kappa shape index (κ3) is 4.88. The number of piperazine rings is 1. The number of anilines is 4. The third-order valence-electron chi connectivity index (χ3n) is 8.57. The average molecular weight is 544 g/mol. The van der Waals surface area contributed by atoms with Gasteiger partial charge in [0, 0.05) is 56.3 Å². The van der Waals surface area contributed by atoms with Gasteiger partial charge in [0.05, 0.1) is 16.7 Å². The van der Waals surface area contributed by atoms with Crippen molar-refractivity contribution in [3.8, 4) is 0 Å². The number of hydrogen-bond acceptors (Lipinski definition) is 8. The fourth-order valence-electron chi connectivity index (χ4n) is 7.16. The summed E-state index contributed by atoms with van der Waals surface area (Å²) in [6, 6.07) is 8.80. The van der Waals surface area contributed by atoms with Crippen LogP contribution in [0.3, 0.4) is 0 Å². The van der Waals surface area contributed by atoms with Crippen molar-refractivity contribution in [2.75, 3.05) is 54.9 Å². The molecule has 1 aromatic heterocycles. The standard InChI is InChI=1S/C26H35BrN6O2/c27-22-16-28-25(29-20-1-3-21(4-2-20)33-7-5-32(6-8-33)9-10-34)31-24(22)30-23-18-11-17-12-19(23)15-26(35,13-17)14-18/h1-4,16-19,23,34-35H,5-15H2,(H2,28,29,30,31)/t17?,18-,19-,23?,26?/m1/s1. The summed E-state index contributed by atoms with van der Waals surface area (Å²) in [6.45, 7) is 4.88. The van der Waals surface area contributed by atoms with E-state index in [1.165, 1.54) is 18.5 Å². The second-order valence-electron chi connectivity index (χ2n) is 11.0. The van der Waals surface area contributed by atoms with Gasteiger partial charge in [0.2, 0.25) is 5.95 Å². The molecule has 1 saturated heterocycles. The number of nitrogens with zero attached hydrogens (tertiary/aromatic N) is 4. The van der Waals surface area contributed by atoms with E-state index in [0.29, 0.717) is 29.7 Å². The molecule has 4 N–H and O–H groups in total. The molecule has 8 nitrogen and oxygen atoms in total. The van der Waals surface area contributed by atoms with E-state index in [0.717, 1.165) is 68.0 Å². The van der Waals surface area contributed by atoms with Gasteiger partial charge in [0.25, 0.3) is 0 Å². The van der Waals surface area contributed by atoms with Gasteiger partial charge in [0.15, 0.2) is 0 Å². The lowest BCUT2D eigenvalue weighted by atomic mass is 9.52. The Hall–Kier alpha value is -1.94. The summed E-state index contributed by atoms with van der Waals surface area (Å²) in [5.41, 5.74) is 1.74. The topological polar surface area (TPSA) is 96.8 Å². The summed E-state index contributed by atoms with van der Waals surface area (Å²) in [5.74, 6) is 3.12. The van der Waals surface area contributed by atoms with E-state index < -0.39 is 5.60 Å². The van der Waals surface area contributed by atoms with Crippen LogP contribution in [0.15, 0.2) is 34.9 Å². The second-order valence-corrected chi connectivity index (χ2v) is 11.8. The van der Waals surface area contributed by atoms with Crippen LogP contribution in [0.5, 0.6) is 0 Å². The minimum absolute atomic E-state index is 0.224. The maximum atomic E-state index is 10.9.